The van der Waals surface area contributed by atoms with Gasteiger partial charge in [-0.05, 0) is 26.0 Å². The van der Waals surface area contributed by atoms with Crippen molar-refractivity contribution in [3.63, 3.8) is 0 Å². The zero-order valence-corrected chi connectivity index (χ0v) is 13.0. The predicted molar refractivity (Wildman–Crippen MR) is 88.2 cm³/mol. The molecular weight excluding hydrogens is 290 g/mol. The molecule has 0 saturated heterocycles. The fourth-order valence-corrected chi connectivity index (χ4v) is 2.17. The van der Waals surface area contributed by atoms with E-state index < -0.39 is 0 Å². The number of anilines is 1. The zero-order valence-electron chi connectivity index (χ0n) is 13.0. The molecule has 0 bridgehead atoms. The molecule has 1 heterocycles. The fraction of sp³-hybridized carbons (Fsp3) is 0.167. The molecule has 0 aliphatic rings. The molecule has 23 heavy (non-hydrogen) atoms. The minimum absolute atomic E-state index is 0.0353. The van der Waals surface area contributed by atoms with Crippen molar-refractivity contribution in [2.75, 3.05) is 5.32 Å². The van der Waals surface area contributed by atoms with Gasteiger partial charge in [0, 0.05) is 16.8 Å². The van der Waals surface area contributed by atoms with E-state index in [1.165, 1.54) is 5.56 Å². The van der Waals surface area contributed by atoms with Crippen LogP contribution in [-0.2, 0) is 6.54 Å². The van der Waals surface area contributed by atoms with Crippen LogP contribution in [0.5, 0.6) is 0 Å². The number of carbonyl (C=O) groups excluding carboxylic acids is 1. The third-order valence-corrected chi connectivity index (χ3v) is 3.49. The Balaban J connectivity index is 1.69. The van der Waals surface area contributed by atoms with Crippen molar-refractivity contribution in [1.29, 1.82) is 0 Å². The quantitative estimate of drug-likeness (QED) is 0.725. The van der Waals surface area contributed by atoms with E-state index in [0.717, 1.165) is 11.3 Å². The number of aryl methyl sites for hydroxylation is 1. The second-order valence-corrected chi connectivity index (χ2v) is 5.37. The highest BCUT2D eigenvalue weighted by atomic mass is 16.5. The van der Waals surface area contributed by atoms with Crippen LogP contribution in [0.15, 0.2) is 53.1 Å². The number of nitrogens with one attached hydrogen (secondary N) is 1. The van der Waals surface area contributed by atoms with Crippen molar-refractivity contribution in [2.45, 2.75) is 20.4 Å². The van der Waals surface area contributed by atoms with Crippen LogP contribution in [0.4, 0.5) is 5.69 Å². The van der Waals surface area contributed by atoms with Gasteiger partial charge in [-0.3, -0.25) is 4.79 Å². The Morgan fingerprint density at radius 1 is 1.17 bits per heavy atom. The van der Waals surface area contributed by atoms with Crippen molar-refractivity contribution in [3.8, 4) is 11.4 Å². The largest absolute Gasteiger partial charge is 0.376 e. The molecule has 0 aliphatic heterocycles. The lowest BCUT2D eigenvalue weighted by atomic mass is 10.1. The number of hydrogen-bond acceptors (Lipinski definition) is 5. The Morgan fingerprint density at radius 2 is 1.96 bits per heavy atom. The number of Topliss-reactive ketones (excluding diaryl/α,β-unsaturated/α-hetero) is 1. The molecule has 2 aromatic carbocycles. The molecule has 0 unspecified atom stereocenters. The van der Waals surface area contributed by atoms with Crippen molar-refractivity contribution in [3.05, 3.63) is 65.5 Å². The van der Waals surface area contributed by atoms with Crippen molar-refractivity contribution in [2.24, 2.45) is 0 Å². The van der Waals surface area contributed by atoms with E-state index in [0.29, 0.717) is 23.8 Å². The summed E-state index contributed by atoms with van der Waals surface area (Å²) in [5.41, 5.74) is 3.61. The lowest BCUT2D eigenvalue weighted by Crippen LogP contribution is -2.01. The summed E-state index contributed by atoms with van der Waals surface area (Å²) in [5, 5.41) is 7.18. The smallest absolute Gasteiger partial charge is 0.246 e. The summed E-state index contributed by atoms with van der Waals surface area (Å²) in [5.74, 6) is 1.10. The van der Waals surface area contributed by atoms with E-state index in [2.05, 4.69) is 15.5 Å². The van der Waals surface area contributed by atoms with Gasteiger partial charge in [-0.25, -0.2) is 0 Å². The first-order valence-electron chi connectivity index (χ1n) is 7.36. The third kappa shape index (κ3) is 3.63. The molecule has 3 rings (SSSR count). The molecule has 3 aromatic rings. The number of benzene rings is 2. The van der Waals surface area contributed by atoms with Gasteiger partial charge in [0.05, 0.1) is 6.54 Å². The zero-order chi connectivity index (χ0) is 16.2. The average Bonchev–Trinajstić information content (AvgIpc) is 3.03. The minimum atomic E-state index is 0.0353. The molecule has 0 radical (unpaired) electrons. The van der Waals surface area contributed by atoms with Gasteiger partial charge in [-0.1, -0.05) is 47.1 Å². The Labute approximate surface area is 134 Å². The molecule has 1 N–H and O–H groups in total. The van der Waals surface area contributed by atoms with Crippen molar-refractivity contribution in [1.82, 2.24) is 10.1 Å². The number of rotatable bonds is 5. The van der Waals surface area contributed by atoms with Crippen LogP contribution in [-0.4, -0.2) is 15.9 Å². The van der Waals surface area contributed by atoms with Gasteiger partial charge < -0.3 is 9.84 Å². The molecule has 0 fully saturated rings. The molecule has 0 atom stereocenters. The molecule has 0 saturated carbocycles. The summed E-state index contributed by atoms with van der Waals surface area (Å²) in [6, 6.07) is 15.3. The second-order valence-electron chi connectivity index (χ2n) is 5.37. The summed E-state index contributed by atoms with van der Waals surface area (Å²) in [6.07, 6.45) is 0. The minimum Gasteiger partial charge on any atom is -0.376 e. The van der Waals surface area contributed by atoms with Crippen LogP contribution in [0.3, 0.4) is 0 Å². The lowest BCUT2D eigenvalue weighted by Gasteiger charge is -2.04. The molecule has 5 heteroatoms. The number of hydrogen-bond donors (Lipinski definition) is 1. The summed E-state index contributed by atoms with van der Waals surface area (Å²) in [4.78, 5) is 15.8. The molecule has 0 aliphatic carbocycles. The first-order valence-corrected chi connectivity index (χ1v) is 7.36. The summed E-state index contributed by atoms with van der Waals surface area (Å²) >= 11 is 0. The van der Waals surface area contributed by atoms with E-state index in [1.54, 1.807) is 19.1 Å². The summed E-state index contributed by atoms with van der Waals surface area (Å²) in [7, 11) is 0. The van der Waals surface area contributed by atoms with Gasteiger partial charge in [0.1, 0.15) is 0 Å². The van der Waals surface area contributed by atoms with Crippen LogP contribution in [0.1, 0.15) is 28.7 Å². The van der Waals surface area contributed by atoms with Gasteiger partial charge in [0.15, 0.2) is 5.78 Å². The highest BCUT2D eigenvalue weighted by molar-refractivity contribution is 5.94. The molecule has 0 amide bonds. The number of carbonyl (C=O) groups is 1. The van der Waals surface area contributed by atoms with Crippen LogP contribution >= 0.6 is 0 Å². The normalized spacial score (nSPS) is 10.5. The Morgan fingerprint density at radius 3 is 2.70 bits per heavy atom. The van der Waals surface area contributed by atoms with Crippen LogP contribution < -0.4 is 5.32 Å². The highest BCUT2D eigenvalue weighted by Crippen LogP contribution is 2.17. The van der Waals surface area contributed by atoms with E-state index in [4.69, 9.17) is 4.52 Å². The Hall–Kier alpha value is -2.95. The van der Waals surface area contributed by atoms with Gasteiger partial charge in [0.25, 0.3) is 0 Å². The second kappa shape index (κ2) is 6.44. The predicted octanol–water partition coefficient (Wildman–Crippen LogP) is 3.86. The van der Waals surface area contributed by atoms with Gasteiger partial charge in [0.2, 0.25) is 11.7 Å². The van der Waals surface area contributed by atoms with E-state index in [9.17, 15) is 4.79 Å². The summed E-state index contributed by atoms with van der Waals surface area (Å²) in [6.45, 7) is 3.98. The monoisotopic (exact) mass is 307 g/mol. The van der Waals surface area contributed by atoms with Crippen molar-refractivity contribution >= 4 is 11.5 Å². The Kier molecular flexibility index (Phi) is 4.19. The topological polar surface area (TPSA) is 68.0 Å². The van der Waals surface area contributed by atoms with Crippen molar-refractivity contribution < 1.29 is 9.32 Å². The lowest BCUT2D eigenvalue weighted by molar-refractivity contribution is 0.101. The van der Waals surface area contributed by atoms with E-state index in [-0.39, 0.29) is 5.78 Å². The molecule has 0 spiro atoms. The number of nitrogens with zero attached hydrogens (tertiary/aromatic N) is 2. The first-order chi connectivity index (χ1) is 11.1. The van der Waals surface area contributed by atoms with Crippen LogP contribution in [0, 0.1) is 6.92 Å². The average molecular weight is 307 g/mol. The SMILES string of the molecule is CC(=O)c1cccc(NCc2nc(-c3ccc(C)cc3)no2)c1. The van der Waals surface area contributed by atoms with Gasteiger partial charge in [-0.15, -0.1) is 0 Å². The maximum Gasteiger partial charge on any atom is 0.246 e. The standard InChI is InChI=1S/C18H17N3O2/c1-12-6-8-14(9-7-12)18-20-17(23-21-18)11-19-16-5-3-4-15(10-16)13(2)22/h3-10,19H,11H2,1-2H3. The van der Waals surface area contributed by atoms with Crippen LogP contribution in [0.25, 0.3) is 11.4 Å². The maximum atomic E-state index is 11.4. The maximum absolute atomic E-state index is 11.4. The number of ketones is 1. The molecule has 1 aromatic heterocycles. The highest BCUT2D eigenvalue weighted by Gasteiger charge is 2.08. The molecule has 116 valence electrons. The molecule has 5 nitrogen and oxygen atoms in total. The van der Waals surface area contributed by atoms with E-state index in [1.807, 2.05) is 43.3 Å². The van der Waals surface area contributed by atoms with Gasteiger partial charge >= 0.3 is 0 Å². The Bertz CT molecular complexity index is 822. The van der Waals surface area contributed by atoms with Crippen LogP contribution in [0.2, 0.25) is 0 Å². The summed E-state index contributed by atoms with van der Waals surface area (Å²) < 4.78 is 5.26. The first kappa shape index (κ1) is 15.0. The fourth-order valence-electron chi connectivity index (χ4n) is 2.17. The number of aromatic nitrogens is 2. The molecular formula is C18H17N3O2. The van der Waals surface area contributed by atoms with E-state index >= 15 is 0 Å². The third-order valence-electron chi connectivity index (χ3n) is 3.49. The van der Waals surface area contributed by atoms with Gasteiger partial charge in [-0.2, -0.15) is 4.98 Å².